The van der Waals surface area contributed by atoms with E-state index < -0.39 is 55.4 Å². The van der Waals surface area contributed by atoms with Crippen LogP contribution in [0.2, 0.25) is 0 Å². The van der Waals surface area contributed by atoms with Gasteiger partial charge < -0.3 is 39.4 Å². The van der Waals surface area contributed by atoms with E-state index in [0.29, 0.717) is 12.8 Å². The summed E-state index contributed by atoms with van der Waals surface area (Å²) in [6.45, 7) is 3.32. The number of allylic oxidation sites excluding steroid dienone is 8. The zero-order chi connectivity index (χ0) is 39.5. The Morgan fingerprint density at radius 1 is 0.574 bits per heavy atom. The van der Waals surface area contributed by atoms with Gasteiger partial charge in [-0.25, -0.2) is 0 Å². The summed E-state index contributed by atoms with van der Waals surface area (Å²) < 4.78 is 22.1. The quantitative estimate of drug-likeness (QED) is 0.0285. The molecule has 1 fully saturated rings. The second-order valence-electron chi connectivity index (χ2n) is 14.4. The third-order valence-corrected chi connectivity index (χ3v) is 9.44. The average molecular weight is 765 g/mol. The van der Waals surface area contributed by atoms with Crippen LogP contribution in [0.4, 0.5) is 0 Å². The van der Waals surface area contributed by atoms with Crippen molar-refractivity contribution in [2.24, 2.45) is 0 Å². The minimum atomic E-state index is -1.60. The second-order valence-corrected chi connectivity index (χ2v) is 14.4. The summed E-state index contributed by atoms with van der Waals surface area (Å²) in [6.07, 6.45) is 32.6. The monoisotopic (exact) mass is 765 g/mol. The Kier molecular flexibility index (Phi) is 32.3. The summed E-state index contributed by atoms with van der Waals surface area (Å²) >= 11 is 0. The Bertz CT molecular complexity index is 1020. The number of aliphatic hydroxyl groups excluding tert-OH is 4. The number of hydrogen-bond acceptors (Lipinski definition) is 10. The molecule has 0 amide bonds. The van der Waals surface area contributed by atoms with Crippen LogP contribution in [0, 0.1) is 0 Å². The molecule has 10 heteroatoms. The maximum absolute atomic E-state index is 12.7. The number of unbranched alkanes of at least 4 members (excludes halogenated alkanes) is 15. The maximum Gasteiger partial charge on any atom is 0.306 e. The molecule has 10 nitrogen and oxygen atoms in total. The molecule has 0 aromatic heterocycles. The summed E-state index contributed by atoms with van der Waals surface area (Å²) in [6, 6.07) is 0. The van der Waals surface area contributed by atoms with Gasteiger partial charge in [0.15, 0.2) is 12.4 Å². The van der Waals surface area contributed by atoms with E-state index in [1.54, 1.807) is 0 Å². The summed E-state index contributed by atoms with van der Waals surface area (Å²) in [7, 11) is 0. The molecule has 0 spiro atoms. The van der Waals surface area contributed by atoms with Gasteiger partial charge in [0.1, 0.15) is 31.0 Å². The number of carbonyl (C=O) groups is 2. The van der Waals surface area contributed by atoms with Crippen molar-refractivity contribution in [3.8, 4) is 0 Å². The first-order valence-electron chi connectivity index (χ1n) is 21.2. The molecule has 0 bridgehead atoms. The van der Waals surface area contributed by atoms with Crippen molar-refractivity contribution in [2.45, 2.75) is 198 Å². The van der Waals surface area contributed by atoms with Gasteiger partial charge in [-0.05, 0) is 77.0 Å². The van der Waals surface area contributed by atoms with Crippen molar-refractivity contribution in [1.29, 1.82) is 0 Å². The van der Waals surface area contributed by atoms with Gasteiger partial charge in [0.05, 0.1) is 13.2 Å². The molecule has 1 aliphatic rings. The highest BCUT2D eigenvalue weighted by molar-refractivity contribution is 5.70. The first kappa shape index (κ1) is 49.7. The largest absolute Gasteiger partial charge is 0.462 e. The molecule has 54 heavy (non-hydrogen) atoms. The van der Waals surface area contributed by atoms with Crippen molar-refractivity contribution in [1.82, 2.24) is 0 Å². The molecular weight excluding hydrogens is 688 g/mol. The van der Waals surface area contributed by atoms with E-state index in [1.165, 1.54) is 44.9 Å². The van der Waals surface area contributed by atoms with Crippen LogP contribution in [0.3, 0.4) is 0 Å². The van der Waals surface area contributed by atoms with E-state index in [-0.39, 0.29) is 26.1 Å². The Morgan fingerprint density at radius 2 is 1.04 bits per heavy atom. The Hall–Kier alpha value is -2.34. The average Bonchev–Trinajstić information content (AvgIpc) is 3.17. The Labute approximate surface area is 327 Å². The molecule has 1 saturated heterocycles. The van der Waals surface area contributed by atoms with Crippen molar-refractivity contribution in [3.63, 3.8) is 0 Å². The minimum Gasteiger partial charge on any atom is -0.462 e. The van der Waals surface area contributed by atoms with Gasteiger partial charge in [-0.15, -0.1) is 0 Å². The predicted octanol–water partition coefficient (Wildman–Crippen LogP) is 8.49. The van der Waals surface area contributed by atoms with Crippen LogP contribution < -0.4 is 0 Å². The maximum atomic E-state index is 12.7. The lowest BCUT2D eigenvalue weighted by Crippen LogP contribution is -2.59. The van der Waals surface area contributed by atoms with Gasteiger partial charge >= 0.3 is 11.9 Å². The third-order valence-electron chi connectivity index (χ3n) is 9.44. The van der Waals surface area contributed by atoms with E-state index in [4.69, 9.17) is 18.9 Å². The van der Waals surface area contributed by atoms with Crippen LogP contribution >= 0.6 is 0 Å². The van der Waals surface area contributed by atoms with E-state index in [2.05, 4.69) is 62.5 Å². The standard InChI is InChI=1S/C44H76O10/c1-3-5-7-9-11-13-15-17-18-19-20-21-23-25-27-29-31-33-40(47)53-37(36-52-44-43(50)42(49)41(48)38(34-45)54-44)35-51-39(46)32-30-28-26-24-22-16-14-12-10-8-6-4-2/h11-14,17-18,20-21,37-38,41-45,48-50H,3-10,15-16,19,22-36H2,1-2H3/b13-11+,14-12+,18-17+,21-20+/t37-,38-,41+,42?,43?,44-/m1/s1. The predicted molar refractivity (Wildman–Crippen MR) is 215 cm³/mol. The van der Waals surface area contributed by atoms with Crippen molar-refractivity contribution < 1.29 is 49.0 Å². The van der Waals surface area contributed by atoms with Gasteiger partial charge in [-0.2, -0.15) is 0 Å². The minimum absolute atomic E-state index is 0.201. The molecule has 6 atom stereocenters. The van der Waals surface area contributed by atoms with E-state index in [1.807, 2.05) is 0 Å². The molecule has 0 saturated carbocycles. The fraction of sp³-hybridized carbons (Fsp3) is 0.773. The van der Waals surface area contributed by atoms with E-state index in [0.717, 1.165) is 77.0 Å². The zero-order valence-electron chi connectivity index (χ0n) is 33.7. The molecular formula is C44H76O10. The topological polar surface area (TPSA) is 152 Å². The summed E-state index contributed by atoms with van der Waals surface area (Å²) in [4.78, 5) is 25.2. The van der Waals surface area contributed by atoms with Crippen LogP contribution in [-0.4, -0.2) is 89.0 Å². The highest BCUT2D eigenvalue weighted by Crippen LogP contribution is 2.22. The van der Waals surface area contributed by atoms with Crippen molar-refractivity contribution >= 4 is 11.9 Å². The zero-order valence-corrected chi connectivity index (χ0v) is 33.7. The summed E-state index contributed by atoms with van der Waals surface area (Å²) in [5.74, 6) is -0.846. The second kappa shape index (κ2) is 35.1. The number of rotatable bonds is 34. The number of ether oxygens (including phenoxy) is 4. The third kappa shape index (κ3) is 26.5. The number of carbonyl (C=O) groups excluding carboxylic acids is 2. The first-order valence-corrected chi connectivity index (χ1v) is 21.2. The Balaban J connectivity index is 2.39. The van der Waals surface area contributed by atoms with Gasteiger partial charge in [-0.3, -0.25) is 9.59 Å². The Morgan fingerprint density at radius 3 is 1.57 bits per heavy atom. The van der Waals surface area contributed by atoms with Gasteiger partial charge in [0, 0.05) is 12.8 Å². The van der Waals surface area contributed by atoms with E-state index in [9.17, 15) is 30.0 Å². The molecule has 1 rings (SSSR count). The van der Waals surface area contributed by atoms with E-state index >= 15 is 0 Å². The SMILES string of the molecule is CCCCC/C=C/C/C=C/C/C=C/CCCCCCC(=O)O[C@H](COC(=O)CCCCCCC/C=C/CCCCC)CO[C@@H]1O[C@H](CO)[C@H](O)C(O)C1O. The molecule has 4 N–H and O–H groups in total. The highest BCUT2D eigenvalue weighted by atomic mass is 16.7. The molecule has 0 aliphatic carbocycles. The van der Waals surface area contributed by atoms with Crippen LogP contribution in [0.5, 0.6) is 0 Å². The molecule has 0 radical (unpaired) electrons. The van der Waals surface area contributed by atoms with Crippen molar-refractivity contribution in [2.75, 3.05) is 19.8 Å². The van der Waals surface area contributed by atoms with Gasteiger partial charge in [-0.1, -0.05) is 120 Å². The molecule has 0 aromatic rings. The normalized spacial score (nSPS) is 21.2. The number of aliphatic hydroxyl groups is 4. The molecule has 312 valence electrons. The highest BCUT2D eigenvalue weighted by Gasteiger charge is 2.44. The fourth-order valence-corrected chi connectivity index (χ4v) is 6.01. The molecule has 1 aliphatic heterocycles. The molecule has 0 aromatic carbocycles. The fourth-order valence-electron chi connectivity index (χ4n) is 6.01. The van der Waals surface area contributed by atoms with Crippen LogP contribution in [0.15, 0.2) is 48.6 Å². The van der Waals surface area contributed by atoms with Crippen LogP contribution in [0.25, 0.3) is 0 Å². The molecule has 1 heterocycles. The summed E-state index contributed by atoms with van der Waals surface area (Å²) in [5.41, 5.74) is 0. The molecule has 2 unspecified atom stereocenters. The summed E-state index contributed by atoms with van der Waals surface area (Å²) in [5, 5.41) is 40.0. The van der Waals surface area contributed by atoms with Gasteiger partial charge in [0.2, 0.25) is 0 Å². The number of hydrogen-bond donors (Lipinski definition) is 4. The first-order chi connectivity index (χ1) is 26.3. The lowest BCUT2D eigenvalue weighted by atomic mass is 9.99. The van der Waals surface area contributed by atoms with Gasteiger partial charge in [0.25, 0.3) is 0 Å². The van der Waals surface area contributed by atoms with Crippen molar-refractivity contribution in [3.05, 3.63) is 48.6 Å². The van der Waals surface area contributed by atoms with Crippen LogP contribution in [0.1, 0.15) is 162 Å². The lowest BCUT2D eigenvalue weighted by molar-refractivity contribution is -0.305. The van der Waals surface area contributed by atoms with Crippen LogP contribution in [-0.2, 0) is 28.5 Å². The smallest absolute Gasteiger partial charge is 0.306 e. The lowest BCUT2D eigenvalue weighted by Gasteiger charge is -2.39. The number of esters is 2.